The van der Waals surface area contributed by atoms with Gasteiger partial charge < -0.3 is 15.0 Å². The number of anilines is 1. The van der Waals surface area contributed by atoms with Gasteiger partial charge in [0.25, 0.3) is 0 Å². The molecule has 0 aliphatic rings. The first-order valence-electron chi connectivity index (χ1n) is 6.75. The van der Waals surface area contributed by atoms with Gasteiger partial charge in [-0.25, -0.2) is 0 Å². The molecular weight excluding hydrogens is 268 g/mol. The van der Waals surface area contributed by atoms with Crippen molar-refractivity contribution in [2.75, 3.05) is 26.1 Å². The van der Waals surface area contributed by atoms with E-state index in [0.29, 0.717) is 0 Å². The molecule has 1 atom stereocenters. The van der Waals surface area contributed by atoms with Crippen LogP contribution >= 0.6 is 0 Å². The molecule has 0 saturated carbocycles. The van der Waals surface area contributed by atoms with E-state index in [1.165, 1.54) is 13.2 Å². The van der Waals surface area contributed by atoms with Crippen LogP contribution in [0.3, 0.4) is 0 Å². The lowest BCUT2D eigenvalue weighted by Gasteiger charge is -2.12. The average Bonchev–Trinajstić information content (AvgIpc) is 2.45. The van der Waals surface area contributed by atoms with Gasteiger partial charge in [-0.2, -0.15) is 0 Å². The fraction of sp³-hybridized carbons (Fsp3) is 0.375. The van der Waals surface area contributed by atoms with Crippen LogP contribution in [0.2, 0.25) is 0 Å². The summed E-state index contributed by atoms with van der Waals surface area (Å²) in [5.41, 5.74) is 2.04. The smallest absolute Gasteiger partial charge is 0.307 e. The molecule has 1 rings (SSSR count). The number of benzene rings is 1. The van der Waals surface area contributed by atoms with E-state index < -0.39 is 0 Å². The fourth-order valence-corrected chi connectivity index (χ4v) is 1.73. The van der Waals surface area contributed by atoms with Crippen molar-refractivity contribution in [1.29, 1.82) is 0 Å². The van der Waals surface area contributed by atoms with Crippen LogP contribution in [0, 0.1) is 0 Å². The standard InChI is InChI=1S/C16H22N2O3/c1-12(11-16(20)21-4)17-15(19)10-7-13-5-8-14(9-6-13)18(2)3/h5-10,12H,11H2,1-4H3,(H,17,19)/b10-7+. The lowest BCUT2D eigenvalue weighted by Crippen LogP contribution is -2.33. The predicted octanol–water partition coefficient (Wildman–Crippen LogP) is 1.83. The van der Waals surface area contributed by atoms with Crippen LogP contribution in [0.1, 0.15) is 18.9 Å². The van der Waals surface area contributed by atoms with Crippen molar-refractivity contribution in [2.45, 2.75) is 19.4 Å². The topological polar surface area (TPSA) is 58.6 Å². The molecule has 1 aromatic rings. The summed E-state index contributed by atoms with van der Waals surface area (Å²) in [5.74, 6) is -0.575. The molecule has 0 aliphatic heterocycles. The first-order chi connectivity index (χ1) is 9.92. The number of methoxy groups -OCH3 is 1. The van der Waals surface area contributed by atoms with Gasteiger partial charge in [0.15, 0.2) is 0 Å². The van der Waals surface area contributed by atoms with Crippen molar-refractivity contribution in [1.82, 2.24) is 5.32 Å². The number of esters is 1. The second-order valence-corrected chi connectivity index (χ2v) is 5.01. The number of hydrogen-bond donors (Lipinski definition) is 1. The fourth-order valence-electron chi connectivity index (χ4n) is 1.73. The summed E-state index contributed by atoms with van der Waals surface area (Å²) in [6.45, 7) is 1.76. The number of carbonyl (C=O) groups excluding carboxylic acids is 2. The highest BCUT2D eigenvalue weighted by Crippen LogP contribution is 2.13. The summed E-state index contributed by atoms with van der Waals surface area (Å²) in [6, 6.07) is 7.59. The van der Waals surface area contributed by atoms with Crippen LogP contribution in [0.4, 0.5) is 5.69 Å². The molecule has 21 heavy (non-hydrogen) atoms. The molecule has 1 aromatic carbocycles. The lowest BCUT2D eigenvalue weighted by atomic mass is 10.2. The highest BCUT2D eigenvalue weighted by molar-refractivity contribution is 5.92. The summed E-state index contributed by atoms with van der Waals surface area (Å²) in [5, 5.41) is 2.71. The van der Waals surface area contributed by atoms with Gasteiger partial charge in [0.2, 0.25) is 5.91 Å². The van der Waals surface area contributed by atoms with Crippen molar-refractivity contribution in [3.63, 3.8) is 0 Å². The Morgan fingerprint density at radius 2 is 1.90 bits per heavy atom. The van der Waals surface area contributed by atoms with Gasteiger partial charge in [-0.15, -0.1) is 0 Å². The Morgan fingerprint density at radius 1 is 1.29 bits per heavy atom. The van der Waals surface area contributed by atoms with Gasteiger partial charge in [0.05, 0.1) is 13.5 Å². The third kappa shape index (κ3) is 6.12. The van der Waals surface area contributed by atoms with E-state index in [0.717, 1.165) is 11.3 Å². The zero-order chi connectivity index (χ0) is 15.8. The largest absolute Gasteiger partial charge is 0.469 e. The molecule has 0 saturated heterocycles. The lowest BCUT2D eigenvalue weighted by molar-refractivity contribution is -0.141. The Kier molecular flexibility index (Phi) is 6.46. The summed E-state index contributed by atoms with van der Waals surface area (Å²) in [7, 11) is 5.27. The first kappa shape index (κ1) is 16.8. The average molecular weight is 290 g/mol. The van der Waals surface area contributed by atoms with Crippen LogP contribution in [-0.4, -0.2) is 39.1 Å². The maximum atomic E-state index is 11.7. The minimum atomic E-state index is -0.342. The number of nitrogens with zero attached hydrogens (tertiary/aromatic N) is 1. The van der Waals surface area contributed by atoms with Gasteiger partial charge >= 0.3 is 5.97 Å². The monoisotopic (exact) mass is 290 g/mol. The third-order valence-electron chi connectivity index (χ3n) is 2.93. The highest BCUT2D eigenvalue weighted by Gasteiger charge is 2.10. The Labute approximate surface area is 125 Å². The molecule has 1 N–H and O–H groups in total. The zero-order valence-corrected chi connectivity index (χ0v) is 12.9. The van der Waals surface area contributed by atoms with E-state index >= 15 is 0 Å². The Balaban J connectivity index is 2.51. The SMILES string of the molecule is COC(=O)CC(C)NC(=O)/C=C/c1ccc(N(C)C)cc1. The van der Waals surface area contributed by atoms with Crippen LogP contribution in [0.5, 0.6) is 0 Å². The maximum Gasteiger partial charge on any atom is 0.307 e. The number of rotatable bonds is 6. The normalized spacial score (nSPS) is 12.0. The van der Waals surface area contributed by atoms with Crippen LogP contribution in [-0.2, 0) is 14.3 Å². The molecule has 0 aliphatic carbocycles. The number of hydrogen-bond acceptors (Lipinski definition) is 4. The van der Waals surface area contributed by atoms with E-state index in [1.807, 2.05) is 43.3 Å². The molecular formula is C16H22N2O3. The van der Waals surface area contributed by atoms with E-state index in [2.05, 4.69) is 10.1 Å². The molecule has 1 amide bonds. The molecule has 0 aromatic heterocycles. The summed E-state index contributed by atoms with van der Waals surface area (Å²) in [4.78, 5) is 24.8. The van der Waals surface area contributed by atoms with Gasteiger partial charge in [-0.1, -0.05) is 12.1 Å². The van der Waals surface area contributed by atoms with Gasteiger partial charge in [0.1, 0.15) is 0 Å². The molecule has 0 fully saturated rings. The Hall–Kier alpha value is -2.30. The van der Waals surface area contributed by atoms with Gasteiger partial charge in [-0.3, -0.25) is 9.59 Å². The quantitative estimate of drug-likeness (QED) is 0.641. The second-order valence-electron chi connectivity index (χ2n) is 5.01. The zero-order valence-electron chi connectivity index (χ0n) is 12.9. The molecule has 0 radical (unpaired) electrons. The van der Waals surface area contributed by atoms with Gasteiger partial charge in [-0.05, 0) is 30.7 Å². The number of nitrogens with one attached hydrogen (secondary N) is 1. The molecule has 114 valence electrons. The van der Waals surface area contributed by atoms with Crippen LogP contribution < -0.4 is 10.2 Å². The minimum absolute atomic E-state index is 0.160. The third-order valence-corrected chi connectivity index (χ3v) is 2.93. The summed E-state index contributed by atoms with van der Waals surface area (Å²) in [6.07, 6.45) is 3.35. The maximum absolute atomic E-state index is 11.7. The number of carbonyl (C=O) groups is 2. The van der Waals surface area contributed by atoms with E-state index in [1.54, 1.807) is 13.0 Å². The molecule has 0 heterocycles. The molecule has 0 bridgehead atoms. The van der Waals surface area contributed by atoms with Crippen molar-refractivity contribution >= 4 is 23.6 Å². The van der Waals surface area contributed by atoms with E-state index in [4.69, 9.17) is 0 Å². The molecule has 0 spiro atoms. The first-order valence-corrected chi connectivity index (χ1v) is 6.75. The van der Waals surface area contributed by atoms with Crippen LogP contribution in [0.25, 0.3) is 6.08 Å². The highest BCUT2D eigenvalue weighted by atomic mass is 16.5. The number of amides is 1. The Bertz CT molecular complexity index is 507. The Morgan fingerprint density at radius 3 is 2.43 bits per heavy atom. The van der Waals surface area contributed by atoms with Crippen LogP contribution in [0.15, 0.2) is 30.3 Å². The minimum Gasteiger partial charge on any atom is -0.469 e. The van der Waals surface area contributed by atoms with Crippen molar-refractivity contribution in [3.8, 4) is 0 Å². The second kappa shape index (κ2) is 8.09. The van der Waals surface area contributed by atoms with E-state index in [-0.39, 0.29) is 24.3 Å². The summed E-state index contributed by atoms with van der Waals surface area (Å²) >= 11 is 0. The van der Waals surface area contributed by atoms with Gasteiger partial charge in [0, 0.05) is 31.9 Å². The predicted molar refractivity (Wildman–Crippen MR) is 84.0 cm³/mol. The molecule has 5 heteroatoms. The van der Waals surface area contributed by atoms with Crippen molar-refractivity contribution < 1.29 is 14.3 Å². The summed E-state index contributed by atoms with van der Waals surface area (Å²) < 4.78 is 4.55. The molecule has 5 nitrogen and oxygen atoms in total. The molecule has 1 unspecified atom stereocenters. The van der Waals surface area contributed by atoms with E-state index in [9.17, 15) is 9.59 Å². The van der Waals surface area contributed by atoms with Crippen molar-refractivity contribution in [3.05, 3.63) is 35.9 Å². The van der Waals surface area contributed by atoms with Crippen molar-refractivity contribution in [2.24, 2.45) is 0 Å². The number of ether oxygens (including phenoxy) is 1.